The van der Waals surface area contributed by atoms with Gasteiger partial charge in [-0.25, -0.2) is 9.37 Å². The summed E-state index contributed by atoms with van der Waals surface area (Å²) in [6, 6.07) is 5.96. The number of hydrogen-bond acceptors (Lipinski definition) is 8. The maximum absolute atomic E-state index is 13.6. The first-order valence-electron chi connectivity index (χ1n) is 13.6. The molecule has 1 atom stereocenters. The zero-order valence-corrected chi connectivity index (χ0v) is 22.3. The molecule has 2 aliphatic heterocycles. The molecule has 0 amide bonds. The lowest BCUT2D eigenvalue weighted by atomic mass is 10.1. The third-order valence-electron chi connectivity index (χ3n) is 7.06. The molecule has 0 radical (unpaired) electrons. The highest BCUT2D eigenvalue weighted by atomic mass is 19.4. The molecule has 5 rings (SSSR count). The van der Waals surface area contributed by atoms with Crippen LogP contribution in [0.2, 0.25) is 0 Å². The number of likely N-dealkylation sites (tertiary alicyclic amines) is 1. The zero-order valence-electron chi connectivity index (χ0n) is 22.3. The van der Waals surface area contributed by atoms with Crippen LogP contribution in [0.3, 0.4) is 0 Å². The Morgan fingerprint density at radius 2 is 1.88 bits per heavy atom. The van der Waals surface area contributed by atoms with Crippen LogP contribution in [0, 0.1) is 5.82 Å². The summed E-state index contributed by atoms with van der Waals surface area (Å²) in [6.07, 6.45) is 0.832. The number of alkyl halides is 3. The number of nitrogens with zero attached hydrogens (tertiary/aromatic N) is 6. The number of benzene rings is 1. The van der Waals surface area contributed by atoms with E-state index in [1.165, 1.54) is 18.6 Å². The molecule has 216 valence electrons. The Kier molecular flexibility index (Phi) is 8.81. The van der Waals surface area contributed by atoms with Crippen LogP contribution in [0.15, 0.2) is 36.9 Å². The minimum atomic E-state index is -4.41. The molecule has 0 bridgehead atoms. The topological polar surface area (TPSA) is 83.4 Å². The Bertz CT molecular complexity index is 1290. The number of aromatic nitrogens is 4. The number of ether oxygens (including phenoxy) is 1. The fraction of sp³-hybridized carbons (Fsp3) is 0.519. The number of fused-ring (bicyclic) bond motifs is 1. The molecule has 0 spiro atoms. The first-order chi connectivity index (χ1) is 19.3. The third-order valence-corrected chi connectivity index (χ3v) is 7.06. The van der Waals surface area contributed by atoms with E-state index in [2.05, 4.69) is 27.0 Å². The SMILES string of the molecule is C=C[C@H]1CN(c2nc(Nc3ccc(F)cc3)c3c(n2)c(CN2CCCCC2)nn3CCOCC(F)(F)F)CCN1. The van der Waals surface area contributed by atoms with E-state index in [4.69, 9.17) is 19.8 Å². The van der Waals surface area contributed by atoms with Crippen molar-refractivity contribution in [1.82, 2.24) is 30.0 Å². The standard InChI is InChI=1S/C27H34F4N8O/c1-2-20-16-38(13-10-32-20)26-34-23-22(17-37-11-4-3-5-12-37)36-39(14-15-40-18-27(29,30)31)24(23)25(35-26)33-21-8-6-19(28)7-9-21/h2,6-9,20,32H,1,3-5,10-18H2,(H,33,34,35)/t20-/m0/s1. The van der Waals surface area contributed by atoms with Gasteiger partial charge in [0.05, 0.1) is 13.2 Å². The van der Waals surface area contributed by atoms with Crippen LogP contribution in [-0.2, 0) is 17.8 Å². The van der Waals surface area contributed by atoms with Gasteiger partial charge in [-0.05, 0) is 50.2 Å². The lowest BCUT2D eigenvalue weighted by molar-refractivity contribution is -0.174. The number of hydrogen-bond donors (Lipinski definition) is 2. The Morgan fingerprint density at radius 3 is 2.60 bits per heavy atom. The summed E-state index contributed by atoms with van der Waals surface area (Å²) in [5.41, 5.74) is 2.53. The van der Waals surface area contributed by atoms with Crippen molar-refractivity contribution in [1.29, 1.82) is 0 Å². The van der Waals surface area contributed by atoms with Gasteiger partial charge in [-0.3, -0.25) is 9.58 Å². The van der Waals surface area contributed by atoms with Crippen LogP contribution in [-0.4, -0.2) is 82.8 Å². The number of piperazine rings is 1. The summed E-state index contributed by atoms with van der Waals surface area (Å²) in [7, 11) is 0. The molecule has 4 heterocycles. The number of anilines is 3. The van der Waals surface area contributed by atoms with Gasteiger partial charge in [0.2, 0.25) is 5.95 Å². The first-order valence-corrected chi connectivity index (χ1v) is 13.6. The van der Waals surface area contributed by atoms with Crippen molar-refractivity contribution in [3.05, 3.63) is 48.4 Å². The molecule has 2 aromatic heterocycles. The normalized spacial score (nSPS) is 18.8. The average molecular weight is 563 g/mol. The average Bonchev–Trinajstić information content (AvgIpc) is 3.29. The second-order valence-corrected chi connectivity index (χ2v) is 10.1. The van der Waals surface area contributed by atoms with E-state index in [0.29, 0.717) is 48.1 Å². The molecule has 2 fully saturated rings. The summed E-state index contributed by atoms with van der Waals surface area (Å²) in [5, 5.41) is 11.5. The van der Waals surface area contributed by atoms with E-state index in [1.807, 2.05) is 6.08 Å². The molecule has 1 aromatic carbocycles. The van der Waals surface area contributed by atoms with Crippen LogP contribution >= 0.6 is 0 Å². The molecule has 0 unspecified atom stereocenters. The van der Waals surface area contributed by atoms with Crippen molar-refractivity contribution in [2.75, 3.05) is 56.2 Å². The molecule has 9 nitrogen and oxygen atoms in total. The molecule has 3 aromatic rings. The van der Waals surface area contributed by atoms with Crippen LogP contribution in [0.4, 0.5) is 35.0 Å². The highest BCUT2D eigenvalue weighted by Gasteiger charge is 2.28. The van der Waals surface area contributed by atoms with Gasteiger partial charge >= 0.3 is 6.18 Å². The van der Waals surface area contributed by atoms with Crippen molar-refractivity contribution >= 4 is 28.5 Å². The molecule has 0 saturated carbocycles. The van der Waals surface area contributed by atoms with Gasteiger partial charge in [-0.2, -0.15) is 23.3 Å². The van der Waals surface area contributed by atoms with E-state index in [0.717, 1.165) is 38.2 Å². The number of rotatable bonds is 10. The van der Waals surface area contributed by atoms with Crippen molar-refractivity contribution < 1.29 is 22.3 Å². The second kappa shape index (κ2) is 12.5. The lowest BCUT2D eigenvalue weighted by Gasteiger charge is -2.32. The van der Waals surface area contributed by atoms with E-state index in [-0.39, 0.29) is 25.0 Å². The monoisotopic (exact) mass is 562 g/mol. The number of piperidine rings is 1. The molecule has 2 N–H and O–H groups in total. The largest absolute Gasteiger partial charge is 0.411 e. The van der Waals surface area contributed by atoms with E-state index >= 15 is 0 Å². The lowest BCUT2D eigenvalue weighted by Crippen LogP contribution is -2.50. The summed E-state index contributed by atoms with van der Waals surface area (Å²) in [6.45, 7) is 6.97. The molecule has 13 heteroatoms. The Morgan fingerprint density at radius 1 is 1.10 bits per heavy atom. The maximum atomic E-state index is 13.6. The molecule has 0 aliphatic carbocycles. The highest BCUT2D eigenvalue weighted by molar-refractivity contribution is 5.90. The predicted molar refractivity (Wildman–Crippen MR) is 145 cm³/mol. The second-order valence-electron chi connectivity index (χ2n) is 10.1. The third kappa shape index (κ3) is 7.07. The van der Waals surface area contributed by atoms with Gasteiger partial charge in [0.15, 0.2) is 5.82 Å². The molecular weight excluding hydrogens is 528 g/mol. The first kappa shape index (κ1) is 28.2. The minimum absolute atomic E-state index is 0.0721. The summed E-state index contributed by atoms with van der Waals surface area (Å²) in [4.78, 5) is 14.2. The van der Waals surface area contributed by atoms with Crippen molar-refractivity contribution in [2.24, 2.45) is 0 Å². The van der Waals surface area contributed by atoms with Gasteiger partial charge < -0.3 is 20.3 Å². The van der Waals surface area contributed by atoms with Crippen LogP contribution in [0.25, 0.3) is 11.0 Å². The van der Waals surface area contributed by atoms with Gasteiger partial charge in [-0.1, -0.05) is 12.5 Å². The van der Waals surface area contributed by atoms with Gasteiger partial charge in [0, 0.05) is 37.9 Å². The van der Waals surface area contributed by atoms with Gasteiger partial charge in [0.25, 0.3) is 0 Å². The van der Waals surface area contributed by atoms with E-state index < -0.39 is 12.8 Å². The van der Waals surface area contributed by atoms with E-state index in [9.17, 15) is 17.6 Å². The van der Waals surface area contributed by atoms with Crippen molar-refractivity contribution in [3.63, 3.8) is 0 Å². The molecule has 40 heavy (non-hydrogen) atoms. The van der Waals surface area contributed by atoms with Crippen molar-refractivity contribution in [2.45, 2.75) is 44.6 Å². The Balaban J connectivity index is 1.55. The fourth-order valence-corrected chi connectivity index (χ4v) is 5.08. The van der Waals surface area contributed by atoms with Crippen molar-refractivity contribution in [3.8, 4) is 0 Å². The Hall–Kier alpha value is -3.29. The number of nitrogens with one attached hydrogen (secondary N) is 2. The van der Waals surface area contributed by atoms with Gasteiger partial charge in [0.1, 0.15) is 29.2 Å². The summed E-state index contributed by atoms with van der Waals surface area (Å²) < 4.78 is 58.2. The zero-order chi connectivity index (χ0) is 28.1. The van der Waals surface area contributed by atoms with Crippen LogP contribution < -0.4 is 15.5 Å². The summed E-state index contributed by atoms with van der Waals surface area (Å²) >= 11 is 0. The van der Waals surface area contributed by atoms with Crippen LogP contribution in [0.5, 0.6) is 0 Å². The predicted octanol–water partition coefficient (Wildman–Crippen LogP) is 4.24. The smallest absolute Gasteiger partial charge is 0.370 e. The Labute approximate surface area is 230 Å². The molecule has 2 aliphatic rings. The molecular formula is C27H34F4N8O. The number of halogens is 4. The quantitative estimate of drug-likeness (QED) is 0.216. The van der Waals surface area contributed by atoms with Gasteiger partial charge in [-0.15, -0.1) is 6.58 Å². The van der Waals surface area contributed by atoms with Crippen LogP contribution in [0.1, 0.15) is 25.0 Å². The summed E-state index contributed by atoms with van der Waals surface area (Å²) in [5.74, 6) is 0.581. The fourth-order valence-electron chi connectivity index (χ4n) is 5.08. The minimum Gasteiger partial charge on any atom is -0.370 e. The molecule has 2 saturated heterocycles. The highest BCUT2D eigenvalue weighted by Crippen LogP contribution is 2.30. The maximum Gasteiger partial charge on any atom is 0.411 e. The van der Waals surface area contributed by atoms with E-state index in [1.54, 1.807) is 16.8 Å².